The molecule has 0 aliphatic carbocycles. The topological polar surface area (TPSA) is 97.4 Å². The predicted molar refractivity (Wildman–Crippen MR) is 97.6 cm³/mol. The summed E-state index contributed by atoms with van der Waals surface area (Å²) in [4.78, 5) is 31.5. The Bertz CT molecular complexity index is 880. The van der Waals surface area contributed by atoms with Gasteiger partial charge in [-0.3, -0.25) is 14.6 Å². The quantitative estimate of drug-likeness (QED) is 0.830. The third kappa shape index (κ3) is 4.30. The number of halogens is 1. The fourth-order valence-electron chi connectivity index (χ4n) is 2.75. The first kappa shape index (κ1) is 17.7. The lowest BCUT2D eigenvalue weighted by atomic mass is 9.98. The molecule has 7 heteroatoms. The maximum atomic E-state index is 14.1. The van der Waals surface area contributed by atoms with Gasteiger partial charge in [-0.2, -0.15) is 0 Å². The largest absolute Gasteiger partial charge is 0.382 e. The van der Waals surface area contributed by atoms with Crippen LogP contribution in [0.1, 0.15) is 24.0 Å². The van der Waals surface area contributed by atoms with Crippen molar-refractivity contribution in [2.24, 2.45) is 4.99 Å². The Morgan fingerprint density at radius 2 is 2.12 bits per heavy atom. The fraction of sp³-hybridized carbons (Fsp3) is 0.263. The number of rotatable bonds is 6. The van der Waals surface area contributed by atoms with Gasteiger partial charge < -0.3 is 11.1 Å². The van der Waals surface area contributed by atoms with E-state index in [0.29, 0.717) is 41.2 Å². The van der Waals surface area contributed by atoms with Gasteiger partial charge in [-0.1, -0.05) is 12.1 Å². The van der Waals surface area contributed by atoms with Crippen LogP contribution in [0.5, 0.6) is 0 Å². The molecule has 2 aromatic rings. The highest BCUT2D eigenvalue weighted by Gasteiger charge is 2.18. The second kappa shape index (κ2) is 7.86. The SMILES string of the molecule is Nc1ncccc1NCc1cc(CC(=O)C2=NCC(=O)CC2)ccc1F. The van der Waals surface area contributed by atoms with Crippen molar-refractivity contribution in [1.82, 2.24) is 4.98 Å². The van der Waals surface area contributed by atoms with E-state index >= 15 is 0 Å². The Morgan fingerprint density at radius 1 is 1.27 bits per heavy atom. The summed E-state index contributed by atoms with van der Waals surface area (Å²) in [6, 6.07) is 8.08. The van der Waals surface area contributed by atoms with Gasteiger partial charge in [-0.15, -0.1) is 0 Å². The highest BCUT2D eigenvalue weighted by molar-refractivity contribution is 6.41. The summed E-state index contributed by atoms with van der Waals surface area (Å²) in [6.07, 6.45) is 2.45. The average Bonchev–Trinajstić information content (AvgIpc) is 2.64. The molecule has 0 radical (unpaired) electrons. The Hall–Kier alpha value is -3.09. The maximum Gasteiger partial charge on any atom is 0.180 e. The van der Waals surface area contributed by atoms with Crippen LogP contribution in [0.15, 0.2) is 41.5 Å². The number of carbonyl (C=O) groups excluding carboxylic acids is 2. The second-order valence-corrected chi connectivity index (χ2v) is 6.12. The number of nitrogen functional groups attached to an aromatic ring is 1. The minimum absolute atomic E-state index is 0.0476. The van der Waals surface area contributed by atoms with Crippen molar-refractivity contribution >= 4 is 28.8 Å². The standard InChI is InChI=1S/C19H19FN4O2/c20-15-5-3-12(9-18(26)16-6-4-14(25)11-24-16)8-13(15)10-23-17-2-1-7-22-19(17)21/h1-3,5,7-8,23H,4,6,9-11H2,(H2,21,22). The Balaban J connectivity index is 1.68. The van der Waals surface area contributed by atoms with E-state index in [4.69, 9.17) is 5.73 Å². The number of pyridine rings is 1. The third-order valence-electron chi connectivity index (χ3n) is 4.19. The van der Waals surface area contributed by atoms with Crippen molar-refractivity contribution in [1.29, 1.82) is 0 Å². The number of nitrogens with one attached hydrogen (secondary N) is 1. The number of benzene rings is 1. The van der Waals surface area contributed by atoms with Crippen molar-refractivity contribution in [3.63, 3.8) is 0 Å². The maximum absolute atomic E-state index is 14.1. The van der Waals surface area contributed by atoms with Crippen LogP contribution in [0, 0.1) is 5.82 Å². The van der Waals surface area contributed by atoms with Gasteiger partial charge in [0.25, 0.3) is 0 Å². The summed E-state index contributed by atoms with van der Waals surface area (Å²) in [7, 11) is 0. The van der Waals surface area contributed by atoms with Crippen LogP contribution in [-0.4, -0.2) is 28.8 Å². The molecule has 0 spiro atoms. The molecule has 1 aliphatic heterocycles. The normalized spacial score (nSPS) is 14.0. The Kier molecular flexibility index (Phi) is 5.36. The minimum Gasteiger partial charge on any atom is -0.382 e. The smallest absolute Gasteiger partial charge is 0.180 e. The summed E-state index contributed by atoms with van der Waals surface area (Å²) in [6.45, 7) is 0.297. The van der Waals surface area contributed by atoms with Crippen LogP contribution < -0.4 is 11.1 Å². The first-order chi connectivity index (χ1) is 12.5. The first-order valence-corrected chi connectivity index (χ1v) is 8.33. The number of hydrogen-bond donors (Lipinski definition) is 2. The molecular formula is C19H19FN4O2. The van der Waals surface area contributed by atoms with E-state index in [2.05, 4.69) is 15.3 Å². The van der Waals surface area contributed by atoms with Crippen LogP contribution in [0.4, 0.5) is 15.9 Å². The number of ketones is 2. The van der Waals surface area contributed by atoms with E-state index in [1.165, 1.54) is 6.07 Å². The van der Waals surface area contributed by atoms with E-state index in [-0.39, 0.29) is 36.9 Å². The van der Waals surface area contributed by atoms with Crippen LogP contribution in [0.25, 0.3) is 0 Å². The average molecular weight is 354 g/mol. The molecule has 0 unspecified atom stereocenters. The summed E-state index contributed by atoms with van der Waals surface area (Å²) < 4.78 is 14.1. The fourth-order valence-corrected chi connectivity index (χ4v) is 2.75. The Labute approximate surface area is 150 Å². The molecule has 2 heterocycles. The molecule has 1 aromatic heterocycles. The van der Waals surface area contributed by atoms with E-state index in [1.54, 1.807) is 30.5 Å². The summed E-state index contributed by atoms with van der Waals surface area (Å²) in [5.41, 5.74) is 7.95. The molecule has 0 fully saturated rings. The molecule has 1 aliphatic rings. The lowest BCUT2D eigenvalue weighted by Crippen LogP contribution is -2.23. The molecule has 3 N–H and O–H groups in total. The highest BCUT2D eigenvalue weighted by Crippen LogP contribution is 2.18. The molecule has 0 bridgehead atoms. The molecule has 134 valence electrons. The number of aromatic nitrogens is 1. The highest BCUT2D eigenvalue weighted by atomic mass is 19.1. The van der Waals surface area contributed by atoms with Crippen molar-refractivity contribution in [3.8, 4) is 0 Å². The van der Waals surface area contributed by atoms with Crippen LogP contribution in [0.2, 0.25) is 0 Å². The summed E-state index contributed by atoms with van der Waals surface area (Å²) >= 11 is 0. The zero-order chi connectivity index (χ0) is 18.5. The molecule has 1 aromatic carbocycles. The number of aliphatic imine (C=N–C) groups is 1. The number of carbonyl (C=O) groups is 2. The molecule has 0 atom stereocenters. The zero-order valence-electron chi connectivity index (χ0n) is 14.2. The van der Waals surface area contributed by atoms with E-state index in [9.17, 15) is 14.0 Å². The Morgan fingerprint density at radius 3 is 2.85 bits per heavy atom. The van der Waals surface area contributed by atoms with Crippen LogP contribution in [0.3, 0.4) is 0 Å². The van der Waals surface area contributed by atoms with Gasteiger partial charge >= 0.3 is 0 Å². The molecule has 26 heavy (non-hydrogen) atoms. The van der Waals surface area contributed by atoms with Gasteiger partial charge in [0.15, 0.2) is 11.6 Å². The number of nitrogens with two attached hydrogens (primary N) is 1. The zero-order valence-corrected chi connectivity index (χ0v) is 14.2. The monoisotopic (exact) mass is 354 g/mol. The number of Topliss-reactive ketones (excluding diaryl/α,β-unsaturated/α-hetero) is 2. The van der Waals surface area contributed by atoms with Crippen molar-refractivity contribution in [3.05, 3.63) is 53.5 Å². The van der Waals surface area contributed by atoms with Crippen molar-refractivity contribution in [2.75, 3.05) is 17.6 Å². The predicted octanol–water partition coefficient (Wildman–Crippen LogP) is 2.33. The van der Waals surface area contributed by atoms with Gasteiger partial charge in [0.2, 0.25) is 0 Å². The van der Waals surface area contributed by atoms with Crippen LogP contribution >= 0.6 is 0 Å². The molecule has 0 saturated carbocycles. The van der Waals surface area contributed by atoms with Gasteiger partial charge in [0.05, 0.1) is 17.9 Å². The summed E-state index contributed by atoms with van der Waals surface area (Å²) in [5.74, 6) is -0.105. The number of anilines is 2. The number of hydrogen-bond acceptors (Lipinski definition) is 6. The van der Waals surface area contributed by atoms with E-state index < -0.39 is 0 Å². The van der Waals surface area contributed by atoms with Gasteiger partial charge in [0, 0.05) is 31.1 Å². The summed E-state index contributed by atoms with van der Waals surface area (Å²) in [5, 5.41) is 3.05. The van der Waals surface area contributed by atoms with Gasteiger partial charge in [-0.25, -0.2) is 9.37 Å². The molecule has 0 saturated heterocycles. The van der Waals surface area contributed by atoms with Crippen molar-refractivity contribution in [2.45, 2.75) is 25.8 Å². The minimum atomic E-state index is -0.364. The lowest BCUT2D eigenvalue weighted by Gasteiger charge is -2.12. The molecule has 3 rings (SSSR count). The first-order valence-electron chi connectivity index (χ1n) is 8.33. The van der Waals surface area contributed by atoms with Crippen LogP contribution in [-0.2, 0) is 22.6 Å². The van der Waals surface area contributed by atoms with Gasteiger partial charge in [-0.05, 0) is 30.2 Å². The van der Waals surface area contributed by atoms with Crippen molar-refractivity contribution < 1.29 is 14.0 Å². The van der Waals surface area contributed by atoms with E-state index in [1.807, 2.05) is 0 Å². The number of nitrogens with zero attached hydrogens (tertiary/aromatic N) is 2. The second-order valence-electron chi connectivity index (χ2n) is 6.12. The van der Waals surface area contributed by atoms with E-state index in [0.717, 1.165) is 0 Å². The molecule has 0 amide bonds. The molecular weight excluding hydrogens is 335 g/mol. The third-order valence-corrected chi connectivity index (χ3v) is 4.19. The van der Waals surface area contributed by atoms with Gasteiger partial charge in [0.1, 0.15) is 11.6 Å². The lowest BCUT2D eigenvalue weighted by molar-refractivity contribution is -0.117. The molecule has 6 nitrogen and oxygen atoms in total.